The van der Waals surface area contributed by atoms with Crippen LogP contribution in [0.2, 0.25) is 0 Å². The van der Waals surface area contributed by atoms with Gasteiger partial charge in [-0.1, -0.05) is 18.2 Å². The summed E-state index contributed by atoms with van der Waals surface area (Å²) in [6, 6.07) is 9.33. The fourth-order valence-electron chi connectivity index (χ4n) is 2.10. The van der Waals surface area contributed by atoms with Crippen molar-refractivity contribution in [2.45, 2.75) is 30.5 Å². The maximum Gasteiger partial charge on any atom is 0.271 e. The lowest BCUT2D eigenvalue weighted by Crippen LogP contribution is -2.45. The van der Waals surface area contributed by atoms with Gasteiger partial charge < -0.3 is 10.6 Å². The molecule has 2 amide bonds. The van der Waals surface area contributed by atoms with Gasteiger partial charge in [0, 0.05) is 5.54 Å². The van der Waals surface area contributed by atoms with Crippen molar-refractivity contribution in [2.24, 2.45) is 0 Å². The molecule has 1 aromatic heterocycles. The molecule has 0 aliphatic carbocycles. The Morgan fingerprint density at radius 3 is 2.38 bits per heavy atom. The average molecular weight is 396 g/mol. The lowest BCUT2D eigenvalue weighted by Gasteiger charge is -2.20. The molecule has 9 heteroatoms. The summed E-state index contributed by atoms with van der Waals surface area (Å²) < 4.78 is 27.3. The molecule has 1 aromatic carbocycles. The summed E-state index contributed by atoms with van der Waals surface area (Å²) in [6.45, 7) is 5.30. The Kier molecular flexibility index (Phi) is 6.04. The molecule has 140 valence electrons. The Hall–Kier alpha value is -2.39. The monoisotopic (exact) mass is 395 g/mol. The van der Waals surface area contributed by atoms with E-state index in [1.807, 2.05) is 20.8 Å². The van der Waals surface area contributed by atoms with Crippen LogP contribution in [0.15, 0.2) is 46.0 Å². The van der Waals surface area contributed by atoms with E-state index in [0.29, 0.717) is 0 Å². The smallest absolute Gasteiger partial charge is 0.271 e. The third-order valence-electron chi connectivity index (χ3n) is 3.10. The molecule has 0 radical (unpaired) electrons. The number of thiophene rings is 1. The van der Waals surface area contributed by atoms with E-state index in [1.165, 1.54) is 18.2 Å². The maximum absolute atomic E-state index is 12.4. The van der Waals surface area contributed by atoms with Crippen molar-refractivity contribution in [3.05, 3.63) is 47.3 Å². The normalized spacial score (nSPS) is 11.7. The second-order valence-electron chi connectivity index (χ2n) is 6.56. The number of sulfonamides is 1. The van der Waals surface area contributed by atoms with Crippen molar-refractivity contribution >= 4 is 38.9 Å². The number of rotatable bonds is 6. The van der Waals surface area contributed by atoms with Crippen molar-refractivity contribution < 1.29 is 18.0 Å². The van der Waals surface area contributed by atoms with Crippen LogP contribution in [0.3, 0.4) is 0 Å². The van der Waals surface area contributed by atoms with Gasteiger partial charge >= 0.3 is 0 Å². The molecule has 1 heterocycles. The minimum Gasteiger partial charge on any atom is -0.350 e. The number of benzene rings is 1. The standard InChI is InChI=1S/C17H21N3O4S2/c1-17(2,3)19-14(21)11-18-16(22)12-7-4-5-8-13(12)20-26(23,24)15-9-6-10-25-15/h4-10,20H,11H2,1-3H3,(H,18,22)(H,19,21). The van der Waals surface area contributed by atoms with E-state index in [2.05, 4.69) is 15.4 Å². The number of para-hydroxylation sites is 1. The Morgan fingerprint density at radius 2 is 1.77 bits per heavy atom. The Bertz CT molecular complexity index is 885. The van der Waals surface area contributed by atoms with Gasteiger partial charge in [0.2, 0.25) is 5.91 Å². The van der Waals surface area contributed by atoms with E-state index in [1.54, 1.807) is 23.6 Å². The van der Waals surface area contributed by atoms with Crippen LogP contribution in [-0.2, 0) is 14.8 Å². The molecule has 0 saturated carbocycles. The van der Waals surface area contributed by atoms with Crippen LogP contribution < -0.4 is 15.4 Å². The van der Waals surface area contributed by atoms with E-state index < -0.39 is 21.5 Å². The zero-order chi connectivity index (χ0) is 19.4. The van der Waals surface area contributed by atoms with E-state index in [-0.39, 0.29) is 27.9 Å². The highest BCUT2D eigenvalue weighted by Gasteiger charge is 2.20. The molecular formula is C17H21N3O4S2. The topological polar surface area (TPSA) is 104 Å². The molecule has 0 saturated heterocycles. The molecule has 26 heavy (non-hydrogen) atoms. The number of anilines is 1. The minimum atomic E-state index is -3.77. The van der Waals surface area contributed by atoms with Gasteiger partial charge in [0.1, 0.15) is 4.21 Å². The summed E-state index contributed by atoms with van der Waals surface area (Å²) in [5, 5.41) is 6.89. The van der Waals surface area contributed by atoms with Gasteiger partial charge in [-0.05, 0) is 44.4 Å². The van der Waals surface area contributed by atoms with Gasteiger partial charge in [0.25, 0.3) is 15.9 Å². The van der Waals surface area contributed by atoms with Gasteiger partial charge in [0.05, 0.1) is 17.8 Å². The first kappa shape index (κ1) is 19.9. The third-order valence-corrected chi connectivity index (χ3v) is 5.86. The molecule has 0 unspecified atom stereocenters. The van der Waals surface area contributed by atoms with Crippen LogP contribution in [0.5, 0.6) is 0 Å². The molecule has 0 aliphatic rings. The predicted octanol–water partition coefficient (Wildman–Crippen LogP) is 2.19. The SMILES string of the molecule is CC(C)(C)NC(=O)CNC(=O)c1ccccc1NS(=O)(=O)c1cccs1. The molecule has 0 fully saturated rings. The molecule has 2 aromatic rings. The molecule has 7 nitrogen and oxygen atoms in total. The molecule has 0 bridgehead atoms. The second kappa shape index (κ2) is 7.88. The van der Waals surface area contributed by atoms with Gasteiger partial charge in [0.15, 0.2) is 0 Å². The van der Waals surface area contributed by atoms with Gasteiger partial charge in [-0.15, -0.1) is 11.3 Å². The Morgan fingerprint density at radius 1 is 1.08 bits per heavy atom. The Labute approximate surface area is 156 Å². The van der Waals surface area contributed by atoms with Crippen molar-refractivity contribution in [3.63, 3.8) is 0 Å². The van der Waals surface area contributed by atoms with Crippen molar-refractivity contribution in [3.8, 4) is 0 Å². The van der Waals surface area contributed by atoms with Crippen LogP contribution in [-0.4, -0.2) is 32.3 Å². The third kappa shape index (κ3) is 5.57. The zero-order valence-electron chi connectivity index (χ0n) is 14.7. The van der Waals surface area contributed by atoms with E-state index in [9.17, 15) is 18.0 Å². The first-order valence-electron chi connectivity index (χ1n) is 7.83. The molecule has 0 aliphatic heterocycles. The van der Waals surface area contributed by atoms with Crippen LogP contribution in [0.4, 0.5) is 5.69 Å². The summed E-state index contributed by atoms with van der Waals surface area (Å²) in [5.41, 5.74) is -0.124. The number of hydrogen-bond acceptors (Lipinski definition) is 5. The van der Waals surface area contributed by atoms with Crippen LogP contribution in [0.25, 0.3) is 0 Å². The first-order chi connectivity index (χ1) is 12.1. The highest BCUT2D eigenvalue weighted by Crippen LogP contribution is 2.22. The summed E-state index contributed by atoms with van der Waals surface area (Å²) in [7, 11) is -3.77. The maximum atomic E-state index is 12.4. The van der Waals surface area contributed by atoms with Crippen LogP contribution in [0, 0.1) is 0 Å². The minimum absolute atomic E-state index is 0.135. The van der Waals surface area contributed by atoms with Crippen molar-refractivity contribution in [1.29, 1.82) is 0 Å². The summed E-state index contributed by atoms with van der Waals surface area (Å²) >= 11 is 1.08. The summed E-state index contributed by atoms with van der Waals surface area (Å²) in [6.07, 6.45) is 0. The first-order valence-corrected chi connectivity index (χ1v) is 10.2. The highest BCUT2D eigenvalue weighted by atomic mass is 32.2. The van der Waals surface area contributed by atoms with Crippen molar-refractivity contribution in [2.75, 3.05) is 11.3 Å². The number of amides is 2. The highest BCUT2D eigenvalue weighted by molar-refractivity contribution is 7.94. The quantitative estimate of drug-likeness (QED) is 0.697. The predicted molar refractivity (Wildman–Crippen MR) is 102 cm³/mol. The average Bonchev–Trinajstić information content (AvgIpc) is 3.06. The van der Waals surface area contributed by atoms with E-state index in [0.717, 1.165) is 11.3 Å². The van der Waals surface area contributed by atoms with E-state index >= 15 is 0 Å². The van der Waals surface area contributed by atoms with Crippen LogP contribution >= 0.6 is 11.3 Å². The fraction of sp³-hybridized carbons (Fsp3) is 0.294. The van der Waals surface area contributed by atoms with Gasteiger partial charge in [-0.25, -0.2) is 8.42 Å². The fourth-order valence-corrected chi connectivity index (χ4v) is 4.17. The molecular weight excluding hydrogens is 374 g/mol. The molecule has 0 spiro atoms. The number of nitrogens with one attached hydrogen (secondary N) is 3. The number of hydrogen-bond donors (Lipinski definition) is 3. The second-order valence-corrected chi connectivity index (χ2v) is 9.42. The number of carbonyl (C=O) groups is 2. The summed E-state index contributed by atoms with van der Waals surface area (Å²) in [4.78, 5) is 24.2. The number of carbonyl (C=O) groups excluding carboxylic acids is 2. The lowest BCUT2D eigenvalue weighted by molar-refractivity contribution is -0.121. The van der Waals surface area contributed by atoms with E-state index in [4.69, 9.17) is 0 Å². The largest absolute Gasteiger partial charge is 0.350 e. The zero-order valence-corrected chi connectivity index (χ0v) is 16.3. The van der Waals surface area contributed by atoms with Gasteiger partial charge in [-0.2, -0.15) is 0 Å². The van der Waals surface area contributed by atoms with Crippen LogP contribution in [0.1, 0.15) is 31.1 Å². The Balaban J connectivity index is 2.11. The summed E-state index contributed by atoms with van der Waals surface area (Å²) in [5.74, 6) is -0.874. The van der Waals surface area contributed by atoms with Crippen molar-refractivity contribution in [1.82, 2.24) is 10.6 Å². The van der Waals surface area contributed by atoms with Gasteiger partial charge in [-0.3, -0.25) is 14.3 Å². The molecule has 0 atom stereocenters. The molecule has 3 N–H and O–H groups in total. The lowest BCUT2D eigenvalue weighted by atomic mass is 10.1. The molecule has 2 rings (SSSR count).